The van der Waals surface area contributed by atoms with Crippen molar-refractivity contribution in [1.29, 1.82) is 0 Å². The maximum Gasteiger partial charge on any atom is 0.145 e. The predicted octanol–water partition coefficient (Wildman–Crippen LogP) is 3.93. The Morgan fingerprint density at radius 1 is 1.16 bits per heavy atom. The van der Waals surface area contributed by atoms with Crippen LogP contribution in [0.5, 0.6) is 5.75 Å². The molecule has 0 unspecified atom stereocenters. The summed E-state index contributed by atoms with van der Waals surface area (Å²) < 4.78 is 5.70. The van der Waals surface area contributed by atoms with Crippen molar-refractivity contribution in [1.82, 2.24) is 0 Å². The summed E-state index contributed by atoms with van der Waals surface area (Å²) in [6.07, 6.45) is 0. The smallest absolute Gasteiger partial charge is 0.145 e. The predicted molar refractivity (Wildman–Crippen MR) is 79.3 cm³/mol. The van der Waals surface area contributed by atoms with E-state index in [1.165, 1.54) is 0 Å². The van der Waals surface area contributed by atoms with E-state index in [2.05, 4.69) is 27.4 Å². The van der Waals surface area contributed by atoms with Crippen LogP contribution in [0.3, 0.4) is 0 Å². The molecule has 0 saturated heterocycles. The fourth-order valence-electron chi connectivity index (χ4n) is 1.94. The Hall–Kier alpha value is -2.29. The van der Waals surface area contributed by atoms with Crippen LogP contribution in [-0.4, -0.2) is 17.5 Å². The second-order valence-corrected chi connectivity index (χ2v) is 4.25. The molecular formula is C15H10N2OS. The van der Waals surface area contributed by atoms with Gasteiger partial charge in [0.2, 0.25) is 0 Å². The normalized spacial score (nSPS) is 12.7. The molecule has 1 aliphatic heterocycles. The molecule has 3 nitrogen and oxygen atoms in total. The van der Waals surface area contributed by atoms with Gasteiger partial charge < -0.3 is 4.74 Å². The molecule has 1 aliphatic rings. The lowest BCUT2D eigenvalue weighted by atomic mass is 10.1. The van der Waals surface area contributed by atoms with E-state index in [-0.39, 0.29) is 0 Å². The minimum atomic E-state index is 0.479. The molecule has 0 radical (unpaired) electrons. The molecular weight excluding hydrogens is 256 g/mol. The van der Waals surface area contributed by atoms with Gasteiger partial charge in [0.1, 0.15) is 18.0 Å². The topological polar surface area (TPSA) is 34.0 Å². The molecule has 0 aliphatic carbocycles. The summed E-state index contributed by atoms with van der Waals surface area (Å²) in [4.78, 5) is 8.58. The Bertz CT molecular complexity index is 689. The summed E-state index contributed by atoms with van der Waals surface area (Å²) in [5.41, 5.74) is 3.49. The number of aliphatic imine (C=N–C) groups is 2. The van der Waals surface area contributed by atoms with E-state index in [0.29, 0.717) is 6.61 Å². The van der Waals surface area contributed by atoms with Gasteiger partial charge in [-0.3, -0.25) is 0 Å². The number of benzene rings is 2. The molecule has 2 aromatic carbocycles. The standard InChI is InChI=1S/C15H10N2OS/c19-10-16-12-6-7-15-13(8-12)17-14(9-18-15)11-4-2-1-3-5-11/h1-8H,9H2. The maximum absolute atomic E-state index is 5.70. The van der Waals surface area contributed by atoms with E-state index in [1.807, 2.05) is 48.5 Å². The van der Waals surface area contributed by atoms with Gasteiger partial charge in [-0.2, -0.15) is 4.99 Å². The number of hydrogen-bond donors (Lipinski definition) is 0. The van der Waals surface area contributed by atoms with Crippen molar-refractivity contribution in [2.75, 3.05) is 6.61 Å². The Balaban J connectivity index is 2.04. The van der Waals surface area contributed by atoms with Gasteiger partial charge in [-0.05, 0) is 36.0 Å². The molecule has 0 amide bonds. The zero-order chi connectivity index (χ0) is 13.1. The number of ether oxygens (including phenoxy) is 1. The largest absolute Gasteiger partial charge is 0.485 e. The zero-order valence-electron chi connectivity index (χ0n) is 10.0. The van der Waals surface area contributed by atoms with Gasteiger partial charge in [0.05, 0.1) is 16.6 Å². The number of nitrogens with zero attached hydrogens (tertiary/aromatic N) is 2. The van der Waals surface area contributed by atoms with E-state index < -0.39 is 0 Å². The van der Waals surface area contributed by atoms with Crippen LogP contribution in [0, 0.1) is 0 Å². The van der Waals surface area contributed by atoms with Crippen LogP contribution < -0.4 is 4.74 Å². The lowest BCUT2D eigenvalue weighted by Gasteiger charge is -2.17. The minimum Gasteiger partial charge on any atom is -0.485 e. The monoisotopic (exact) mass is 266 g/mol. The van der Waals surface area contributed by atoms with Crippen LogP contribution >= 0.6 is 12.2 Å². The van der Waals surface area contributed by atoms with E-state index in [9.17, 15) is 0 Å². The number of hydrogen-bond acceptors (Lipinski definition) is 4. The number of thiocarbonyl (C=S) groups is 1. The summed E-state index contributed by atoms with van der Waals surface area (Å²) in [5.74, 6) is 0.767. The molecule has 0 bridgehead atoms. The third-order valence-electron chi connectivity index (χ3n) is 2.84. The van der Waals surface area contributed by atoms with Gasteiger partial charge in [-0.25, -0.2) is 4.99 Å². The maximum atomic E-state index is 5.70. The zero-order valence-corrected chi connectivity index (χ0v) is 10.9. The molecule has 0 fully saturated rings. The van der Waals surface area contributed by atoms with Crippen molar-refractivity contribution >= 4 is 34.5 Å². The molecule has 0 spiro atoms. The van der Waals surface area contributed by atoms with Crippen LogP contribution in [0.25, 0.3) is 0 Å². The van der Waals surface area contributed by atoms with E-state index in [0.717, 1.165) is 28.4 Å². The van der Waals surface area contributed by atoms with Crippen molar-refractivity contribution in [3.05, 3.63) is 54.1 Å². The summed E-state index contributed by atoms with van der Waals surface area (Å²) >= 11 is 4.60. The second-order valence-electron chi connectivity index (χ2n) is 4.07. The lowest BCUT2D eigenvalue weighted by Crippen LogP contribution is -2.16. The Labute approximate surface area is 116 Å². The summed E-state index contributed by atoms with van der Waals surface area (Å²) in [6, 6.07) is 15.5. The highest BCUT2D eigenvalue weighted by Gasteiger charge is 2.14. The van der Waals surface area contributed by atoms with Crippen molar-refractivity contribution in [2.45, 2.75) is 0 Å². The van der Waals surface area contributed by atoms with Gasteiger partial charge in [0, 0.05) is 0 Å². The SMILES string of the molecule is S=C=Nc1ccc2c(c1)N=C(c1ccccc1)CO2. The van der Waals surface area contributed by atoms with Gasteiger partial charge in [-0.1, -0.05) is 30.3 Å². The fraction of sp³-hybridized carbons (Fsp3) is 0.0667. The Kier molecular flexibility index (Phi) is 3.19. The molecule has 3 rings (SSSR count). The molecule has 0 N–H and O–H groups in total. The average molecular weight is 266 g/mol. The van der Waals surface area contributed by atoms with Crippen molar-refractivity contribution in [2.24, 2.45) is 9.98 Å². The third-order valence-corrected chi connectivity index (χ3v) is 2.94. The first-order valence-corrected chi connectivity index (χ1v) is 6.25. The summed E-state index contributed by atoms with van der Waals surface area (Å²) in [7, 11) is 0. The van der Waals surface area contributed by atoms with E-state index in [4.69, 9.17) is 4.74 Å². The van der Waals surface area contributed by atoms with Crippen molar-refractivity contribution < 1.29 is 4.74 Å². The third kappa shape index (κ3) is 2.45. The van der Waals surface area contributed by atoms with Crippen LogP contribution in [0.2, 0.25) is 0 Å². The average Bonchev–Trinajstić information content (AvgIpc) is 2.48. The van der Waals surface area contributed by atoms with Gasteiger partial charge >= 0.3 is 0 Å². The molecule has 0 atom stereocenters. The molecule has 19 heavy (non-hydrogen) atoms. The fourth-order valence-corrected chi connectivity index (χ4v) is 2.05. The van der Waals surface area contributed by atoms with Crippen molar-refractivity contribution in [3.8, 4) is 5.75 Å². The molecule has 92 valence electrons. The molecule has 0 saturated carbocycles. The minimum absolute atomic E-state index is 0.479. The first kappa shape index (κ1) is 11.8. The van der Waals surface area contributed by atoms with Crippen molar-refractivity contribution in [3.63, 3.8) is 0 Å². The molecule has 4 heteroatoms. The first-order valence-electron chi connectivity index (χ1n) is 5.84. The Morgan fingerprint density at radius 3 is 2.79 bits per heavy atom. The number of rotatable bonds is 2. The van der Waals surface area contributed by atoms with Crippen LogP contribution in [0.4, 0.5) is 11.4 Å². The van der Waals surface area contributed by atoms with Crippen LogP contribution in [0.15, 0.2) is 58.5 Å². The quantitative estimate of drug-likeness (QED) is 0.609. The van der Waals surface area contributed by atoms with Gasteiger partial charge in [0.25, 0.3) is 0 Å². The van der Waals surface area contributed by atoms with E-state index >= 15 is 0 Å². The van der Waals surface area contributed by atoms with Gasteiger partial charge in [0.15, 0.2) is 0 Å². The molecule has 2 aromatic rings. The first-order chi connectivity index (χ1) is 9.36. The van der Waals surface area contributed by atoms with E-state index in [1.54, 1.807) is 0 Å². The highest BCUT2D eigenvalue weighted by molar-refractivity contribution is 7.78. The summed E-state index contributed by atoms with van der Waals surface area (Å²) in [5, 5.41) is 2.35. The van der Waals surface area contributed by atoms with Crippen LogP contribution in [0.1, 0.15) is 5.56 Å². The summed E-state index contributed by atoms with van der Waals surface area (Å²) in [6.45, 7) is 0.479. The lowest BCUT2D eigenvalue weighted by molar-refractivity contribution is 0.373. The molecule has 0 aromatic heterocycles. The van der Waals surface area contributed by atoms with Gasteiger partial charge in [-0.15, -0.1) is 0 Å². The highest BCUT2D eigenvalue weighted by atomic mass is 32.1. The Morgan fingerprint density at radius 2 is 2.00 bits per heavy atom. The second kappa shape index (κ2) is 5.14. The van der Waals surface area contributed by atoms with Crippen LogP contribution in [-0.2, 0) is 0 Å². The molecule has 1 heterocycles. The highest BCUT2D eigenvalue weighted by Crippen LogP contribution is 2.34. The number of isothiocyanates is 1. The number of fused-ring (bicyclic) bond motifs is 1.